The molecule has 6 nitrogen and oxygen atoms in total. The largest absolute Gasteiger partial charge is 0.376 e. The number of nitrogens with two attached hydrogens (primary N) is 1. The number of anilines is 1. The predicted molar refractivity (Wildman–Crippen MR) is 65.0 cm³/mol. The Kier molecular flexibility index (Phi) is 4.28. The Hall–Kier alpha value is -1.82. The maximum absolute atomic E-state index is 10.8. The Morgan fingerprint density at radius 3 is 2.82 bits per heavy atom. The second-order valence-corrected chi connectivity index (χ2v) is 4.07. The molecule has 0 aliphatic carbocycles. The first kappa shape index (κ1) is 13.2. The zero-order valence-electron chi connectivity index (χ0n) is 9.14. The Balaban J connectivity index is 2.92. The molecule has 1 aromatic carbocycles. The van der Waals surface area contributed by atoms with Crippen LogP contribution in [0, 0.1) is 10.1 Å². The fourth-order valence-corrected chi connectivity index (χ4v) is 1.57. The first-order chi connectivity index (χ1) is 7.90. The standard InChI is InChI=1S/C10H12ClN3O3/c1-6(4-10(12)15)13-8-5-7(11)2-3-9(8)14(16)17/h2-3,5-6,13H,4H2,1H3,(H2,12,15). The van der Waals surface area contributed by atoms with Gasteiger partial charge in [-0.3, -0.25) is 14.9 Å². The van der Waals surface area contributed by atoms with Crippen LogP contribution in [0.25, 0.3) is 0 Å². The molecule has 0 saturated carbocycles. The van der Waals surface area contributed by atoms with Crippen LogP contribution < -0.4 is 11.1 Å². The number of nitrogens with one attached hydrogen (secondary N) is 1. The van der Waals surface area contributed by atoms with Gasteiger partial charge in [0.25, 0.3) is 5.69 Å². The number of nitrogens with zero attached hydrogens (tertiary/aromatic N) is 1. The van der Waals surface area contributed by atoms with Crippen LogP contribution in [0.2, 0.25) is 5.02 Å². The molecule has 3 N–H and O–H groups in total. The summed E-state index contributed by atoms with van der Waals surface area (Å²) in [5.41, 5.74) is 5.22. The molecule has 0 aliphatic heterocycles. The summed E-state index contributed by atoms with van der Waals surface area (Å²) < 4.78 is 0. The van der Waals surface area contributed by atoms with Crippen molar-refractivity contribution in [3.8, 4) is 0 Å². The summed E-state index contributed by atoms with van der Waals surface area (Å²) in [5, 5.41) is 14.0. The van der Waals surface area contributed by atoms with Gasteiger partial charge in [-0.05, 0) is 19.1 Å². The average molecular weight is 258 g/mol. The van der Waals surface area contributed by atoms with Crippen LogP contribution in [0.15, 0.2) is 18.2 Å². The molecule has 0 aliphatic rings. The highest BCUT2D eigenvalue weighted by molar-refractivity contribution is 6.31. The maximum Gasteiger partial charge on any atom is 0.292 e. The van der Waals surface area contributed by atoms with E-state index in [9.17, 15) is 14.9 Å². The van der Waals surface area contributed by atoms with Gasteiger partial charge in [-0.1, -0.05) is 11.6 Å². The summed E-state index contributed by atoms with van der Waals surface area (Å²) >= 11 is 5.76. The van der Waals surface area contributed by atoms with Crippen LogP contribution in [0.4, 0.5) is 11.4 Å². The summed E-state index contributed by atoms with van der Waals surface area (Å²) in [5.74, 6) is -0.477. The van der Waals surface area contributed by atoms with Crippen LogP contribution in [-0.2, 0) is 4.79 Å². The van der Waals surface area contributed by atoms with E-state index in [1.807, 2.05) is 0 Å². The molecule has 0 spiro atoms. The van der Waals surface area contributed by atoms with Crippen molar-refractivity contribution in [1.29, 1.82) is 0 Å². The lowest BCUT2D eigenvalue weighted by Gasteiger charge is -2.13. The van der Waals surface area contributed by atoms with E-state index >= 15 is 0 Å². The molecule has 92 valence electrons. The van der Waals surface area contributed by atoms with Gasteiger partial charge in [-0.15, -0.1) is 0 Å². The monoisotopic (exact) mass is 257 g/mol. The van der Waals surface area contributed by atoms with Gasteiger partial charge in [0, 0.05) is 23.6 Å². The van der Waals surface area contributed by atoms with E-state index in [-0.39, 0.29) is 23.8 Å². The Labute approximate surface area is 103 Å². The molecule has 0 fully saturated rings. The van der Waals surface area contributed by atoms with Crippen molar-refractivity contribution >= 4 is 28.9 Å². The van der Waals surface area contributed by atoms with Gasteiger partial charge in [-0.25, -0.2) is 0 Å². The van der Waals surface area contributed by atoms with Gasteiger partial charge >= 0.3 is 0 Å². The minimum absolute atomic E-state index is 0.0870. The molecule has 1 aromatic rings. The van der Waals surface area contributed by atoms with E-state index in [0.717, 1.165) is 0 Å². The number of halogens is 1. The molecule has 0 saturated heterocycles. The highest BCUT2D eigenvalue weighted by atomic mass is 35.5. The van der Waals surface area contributed by atoms with Gasteiger partial charge in [0.2, 0.25) is 5.91 Å². The molecule has 1 unspecified atom stereocenters. The number of carbonyl (C=O) groups excluding carboxylic acids is 1. The number of nitro benzene ring substituents is 1. The molecular weight excluding hydrogens is 246 g/mol. The van der Waals surface area contributed by atoms with E-state index in [2.05, 4.69) is 5.32 Å². The van der Waals surface area contributed by atoms with Gasteiger partial charge in [0.05, 0.1) is 4.92 Å². The van der Waals surface area contributed by atoms with Gasteiger partial charge in [-0.2, -0.15) is 0 Å². The average Bonchev–Trinajstić information content (AvgIpc) is 2.15. The highest BCUT2D eigenvalue weighted by Crippen LogP contribution is 2.28. The minimum atomic E-state index is -0.518. The first-order valence-corrected chi connectivity index (χ1v) is 5.26. The quantitative estimate of drug-likeness (QED) is 0.622. The van der Waals surface area contributed by atoms with Crippen LogP contribution in [0.1, 0.15) is 13.3 Å². The summed E-state index contributed by atoms with van der Waals surface area (Å²) in [7, 11) is 0. The maximum atomic E-state index is 10.8. The number of hydrogen-bond donors (Lipinski definition) is 2. The smallest absolute Gasteiger partial charge is 0.292 e. The molecule has 17 heavy (non-hydrogen) atoms. The fourth-order valence-electron chi connectivity index (χ4n) is 1.40. The Morgan fingerprint density at radius 2 is 2.29 bits per heavy atom. The summed E-state index contributed by atoms with van der Waals surface area (Å²) in [6.07, 6.45) is 0.0870. The van der Waals surface area contributed by atoms with Crippen molar-refractivity contribution in [2.45, 2.75) is 19.4 Å². The third-order valence-corrected chi connectivity index (χ3v) is 2.30. The van der Waals surface area contributed by atoms with Gasteiger partial charge in [0.15, 0.2) is 0 Å². The summed E-state index contributed by atoms with van der Waals surface area (Å²) in [4.78, 5) is 21.0. The van der Waals surface area contributed by atoms with Crippen LogP contribution in [-0.4, -0.2) is 16.9 Å². The molecule has 0 bridgehead atoms. The predicted octanol–water partition coefficient (Wildman–Crippen LogP) is 1.92. The first-order valence-electron chi connectivity index (χ1n) is 4.89. The fraction of sp³-hybridized carbons (Fsp3) is 0.300. The van der Waals surface area contributed by atoms with Crippen molar-refractivity contribution < 1.29 is 9.72 Å². The molecule has 1 amide bonds. The van der Waals surface area contributed by atoms with Gasteiger partial charge in [0.1, 0.15) is 5.69 Å². The minimum Gasteiger partial charge on any atom is -0.376 e. The number of nitro groups is 1. The molecule has 0 aromatic heterocycles. The topological polar surface area (TPSA) is 98.3 Å². The number of carbonyl (C=O) groups is 1. The lowest BCUT2D eigenvalue weighted by molar-refractivity contribution is -0.384. The second kappa shape index (κ2) is 5.49. The number of hydrogen-bond acceptors (Lipinski definition) is 4. The zero-order chi connectivity index (χ0) is 13.0. The number of rotatable bonds is 5. The van der Waals surface area contributed by atoms with Crippen molar-refractivity contribution in [2.75, 3.05) is 5.32 Å². The lowest BCUT2D eigenvalue weighted by atomic mass is 10.2. The van der Waals surface area contributed by atoms with Crippen molar-refractivity contribution in [3.05, 3.63) is 33.3 Å². The number of primary amides is 1. The van der Waals surface area contributed by atoms with Crippen molar-refractivity contribution in [1.82, 2.24) is 0 Å². The van der Waals surface area contributed by atoms with Gasteiger partial charge < -0.3 is 11.1 Å². The third kappa shape index (κ3) is 3.92. The van der Waals surface area contributed by atoms with Crippen molar-refractivity contribution in [2.24, 2.45) is 5.73 Å². The van der Waals surface area contributed by atoms with Crippen LogP contribution >= 0.6 is 11.6 Å². The molecular formula is C10H12ClN3O3. The Morgan fingerprint density at radius 1 is 1.65 bits per heavy atom. The molecule has 1 atom stereocenters. The van der Waals surface area contributed by atoms with Crippen LogP contribution in [0.3, 0.4) is 0 Å². The number of benzene rings is 1. The normalized spacial score (nSPS) is 11.9. The molecule has 0 heterocycles. The molecule has 7 heteroatoms. The summed E-state index contributed by atoms with van der Waals surface area (Å²) in [6, 6.07) is 3.88. The van der Waals surface area contributed by atoms with E-state index in [0.29, 0.717) is 5.02 Å². The highest BCUT2D eigenvalue weighted by Gasteiger charge is 2.16. The van der Waals surface area contributed by atoms with Crippen molar-refractivity contribution in [3.63, 3.8) is 0 Å². The number of amides is 1. The second-order valence-electron chi connectivity index (χ2n) is 3.63. The molecule has 0 radical (unpaired) electrons. The molecule has 1 rings (SSSR count). The lowest BCUT2D eigenvalue weighted by Crippen LogP contribution is -2.24. The zero-order valence-corrected chi connectivity index (χ0v) is 9.90. The van der Waals surface area contributed by atoms with Crippen LogP contribution in [0.5, 0.6) is 0 Å². The summed E-state index contributed by atoms with van der Waals surface area (Å²) in [6.45, 7) is 1.70. The van der Waals surface area contributed by atoms with E-state index in [1.165, 1.54) is 18.2 Å². The Bertz CT molecular complexity index is 450. The van der Waals surface area contributed by atoms with E-state index in [1.54, 1.807) is 6.92 Å². The van der Waals surface area contributed by atoms with E-state index < -0.39 is 10.8 Å². The SMILES string of the molecule is CC(CC(N)=O)Nc1cc(Cl)ccc1[N+](=O)[O-]. The van der Waals surface area contributed by atoms with E-state index in [4.69, 9.17) is 17.3 Å². The third-order valence-electron chi connectivity index (χ3n) is 2.06.